The average molecular weight is 336 g/mol. The van der Waals surface area contributed by atoms with Crippen LogP contribution in [0.4, 0.5) is 5.69 Å². The van der Waals surface area contributed by atoms with E-state index < -0.39 is 0 Å². The molecule has 1 unspecified atom stereocenters. The summed E-state index contributed by atoms with van der Waals surface area (Å²) in [6, 6.07) is 13.1. The molecule has 0 bridgehead atoms. The van der Waals surface area contributed by atoms with Gasteiger partial charge in [0.25, 0.3) is 0 Å². The van der Waals surface area contributed by atoms with Gasteiger partial charge in [0, 0.05) is 6.42 Å². The molecule has 0 spiro atoms. The molecule has 5 nitrogen and oxygen atoms in total. The number of para-hydroxylation sites is 1. The van der Waals surface area contributed by atoms with Gasteiger partial charge in [-0.2, -0.15) is 5.26 Å². The van der Waals surface area contributed by atoms with Crippen molar-refractivity contribution in [2.75, 3.05) is 19.5 Å². The number of hydrogen-bond donors (Lipinski definition) is 1. The Morgan fingerprint density at radius 3 is 2.68 bits per heavy atom. The molecule has 1 amide bonds. The van der Waals surface area contributed by atoms with Crippen LogP contribution in [0, 0.1) is 11.3 Å². The van der Waals surface area contributed by atoms with Crippen molar-refractivity contribution in [3.05, 3.63) is 53.1 Å². The molecule has 1 atom stereocenters. The number of carbonyl (C=O) groups excluding carboxylic acids is 1. The summed E-state index contributed by atoms with van der Waals surface area (Å²) < 4.78 is 10.7. The van der Waals surface area contributed by atoms with E-state index in [2.05, 4.69) is 11.4 Å². The van der Waals surface area contributed by atoms with Gasteiger partial charge in [-0.05, 0) is 54.2 Å². The van der Waals surface area contributed by atoms with Crippen LogP contribution in [-0.4, -0.2) is 20.1 Å². The summed E-state index contributed by atoms with van der Waals surface area (Å²) in [6.07, 6.45) is 2.21. The Bertz CT molecular complexity index is 839. The predicted octanol–water partition coefficient (Wildman–Crippen LogP) is 3.63. The van der Waals surface area contributed by atoms with Crippen LogP contribution < -0.4 is 14.8 Å². The van der Waals surface area contributed by atoms with E-state index in [9.17, 15) is 4.79 Å². The molecule has 0 radical (unpaired) electrons. The summed E-state index contributed by atoms with van der Waals surface area (Å²) in [7, 11) is 3.23. The summed E-state index contributed by atoms with van der Waals surface area (Å²) in [5.74, 6) is 1.46. The highest BCUT2D eigenvalue weighted by Crippen LogP contribution is 2.41. The molecule has 5 heteroatoms. The number of methoxy groups -OCH3 is 2. The summed E-state index contributed by atoms with van der Waals surface area (Å²) >= 11 is 0. The van der Waals surface area contributed by atoms with Crippen LogP contribution in [0.1, 0.15) is 35.4 Å². The lowest BCUT2D eigenvalue weighted by atomic mass is 9.97. The molecule has 0 aliphatic heterocycles. The molecule has 0 heterocycles. The summed E-state index contributed by atoms with van der Waals surface area (Å²) in [4.78, 5) is 12.4. The van der Waals surface area contributed by atoms with Crippen LogP contribution in [0.2, 0.25) is 0 Å². The maximum absolute atomic E-state index is 12.4. The van der Waals surface area contributed by atoms with Crippen LogP contribution in [0.3, 0.4) is 0 Å². The smallest absolute Gasteiger partial charge is 0.225 e. The second-order valence-electron chi connectivity index (χ2n) is 6.05. The predicted molar refractivity (Wildman–Crippen MR) is 95.0 cm³/mol. The number of amides is 1. The average Bonchev–Trinajstić information content (AvgIpc) is 3.02. The summed E-state index contributed by atoms with van der Waals surface area (Å²) in [5.41, 5.74) is 3.36. The molecule has 0 saturated carbocycles. The Labute approximate surface area is 147 Å². The number of hydrogen-bond acceptors (Lipinski definition) is 4. The lowest BCUT2D eigenvalue weighted by molar-refractivity contribution is -0.116. The van der Waals surface area contributed by atoms with Crippen LogP contribution in [0.15, 0.2) is 36.4 Å². The first-order valence-electron chi connectivity index (χ1n) is 8.20. The van der Waals surface area contributed by atoms with E-state index in [1.165, 1.54) is 5.56 Å². The van der Waals surface area contributed by atoms with Crippen LogP contribution >= 0.6 is 0 Å². The van der Waals surface area contributed by atoms with Gasteiger partial charge in [-0.1, -0.05) is 12.1 Å². The molecular weight excluding hydrogens is 316 g/mol. The number of carbonyl (C=O) groups is 1. The Kier molecular flexibility index (Phi) is 4.90. The molecule has 0 aromatic heterocycles. The van der Waals surface area contributed by atoms with Crippen molar-refractivity contribution in [2.45, 2.75) is 25.2 Å². The van der Waals surface area contributed by atoms with Crippen LogP contribution in [0.25, 0.3) is 0 Å². The third-order valence-electron chi connectivity index (χ3n) is 4.60. The second kappa shape index (κ2) is 7.27. The minimum absolute atomic E-state index is 0.0877. The highest BCUT2D eigenvalue weighted by atomic mass is 16.5. The van der Waals surface area contributed by atoms with Gasteiger partial charge in [-0.25, -0.2) is 0 Å². The number of nitrogens with zero attached hydrogens (tertiary/aromatic N) is 1. The monoisotopic (exact) mass is 336 g/mol. The van der Waals surface area contributed by atoms with Crippen molar-refractivity contribution in [3.8, 4) is 17.6 Å². The zero-order valence-electron chi connectivity index (χ0n) is 14.3. The third-order valence-corrected chi connectivity index (χ3v) is 4.60. The van der Waals surface area contributed by atoms with Crippen molar-refractivity contribution in [1.82, 2.24) is 0 Å². The highest BCUT2D eigenvalue weighted by Gasteiger charge is 2.27. The fourth-order valence-corrected chi connectivity index (χ4v) is 3.35. The normalized spacial score (nSPS) is 15.2. The van der Waals surface area contributed by atoms with Gasteiger partial charge < -0.3 is 14.8 Å². The lowest BCUT2D eigenvalue weighted by Gasteiger charge is -2.15. The number of nitriles is 1. The molecule has 2 aromatic rings. The highest BCUT2D eigenvalue weighted by molar-refractivity contribution is 5.92. The Hall–Kier alpha value is -3.00. The van der Waals surface area contributed by atoms with Crippen LogP contribution in [-0.2, 0) is 11.2 Å². The molecule has 128 valence electrons. The number of fused-ring (bicyclic) bond motifs is 1. The van der Waals surface area contributed by atoms with Crippen molar-refractivity contribution in [1.29, 1.82) is 5.26 Å². The van der Waals surface area contributed by atoms with Gasteiger partial charge in [0.15, 0.2) is 11.5 Å². The van der Waals surface area contributed by atoms with E-state index in [4.69, 9.17) is 14.7 Å². The third kappa shape index (κ3) is 3.43. The molecular formula is C20H20N2O3. The van der Waals surface area contributed by atoms with Gasteiger partial charge in [0.2, 0.25) is 5.91 Å². The lowest BCUT2D eigenvalue weighted by Crippen LogP contribution is -2.15. The molecule has 3 rings (SSSR count). The second-order valence-corrected chi connectivity index (χ2v) is 6.05. The number of benzene rings is 2. The number of ether oxygens (including phenoxy) is 2. The quantitative estimate of drug-likeness (QED) is 0.905. The van der Waals surface area contributed by atoms with Crippen molar-refractivity contribution < 1.29 is 14.3 Å². The SMILES string of the molecule is COc1cc2c(cc1OC)C(CC(=O)Nc1ccccc1C#N)CC2. The minimum Gasteiger partial charge on any atom is -0.493 e. The van der Waals surface area contributed by atoms with Gasteiger partial charge in [-0.15, -0.1) is 0 Å². The molecule has 0 saturated heterocycles. The zero-order valence-corrected chi connectivity index (χ0v) is 14.3. The molecule has 1 N–H and O–H groups in total. The Morgan fingerprint density at radius 2 is 1.96 bits per heavy atom. The Morgan fingerprint density at radius 1 is 1.24 bits per heavy atom. The number of aryl methyl sites for hydroxylation is 1. The fourth-order valence-electron chi connectivity index (χ4n) is 3.35. The van der Waals surface area contributed by atoms with Crippen molar-refractivity contribution >= 4 is 11.6 Å². The fraction of sp³-hybridized carbons (Fsp3) is 0.300. The number of nitrogens with one attached hydrogen (secondary N) is 1. The first-order valence-corrected chi connectivity index (χ1v) is 8.20. The maximum atomic E-state index is 12.4. The Balaban J connectivity index is 1.75. The minimum atomic E-state index is -0.0877. The van der Waals surface area contributed by atoms with E-state index in [1.54, 1.807) is 38.5 Å². The number of rotatable bonds is 5. The number of anilines is 1. The molecule has 0 fully saturated rings. The van der Waals surface area contributed by atoms with Gasteiger partial charge in [-0.3, -0.25) is 4.79 Å². The van der Waals surface area contributed by atoms with Gasteiger partial charge in [0.1, 0.15) is 6.07 Å². The van der Waals surface area contributed by atoms with E-state index in [1.807, 2.05) is 12.1 Å². The van der Waals surface area contributed by atoms with Gasteiger partial charge in [0.05, 0.1) is 25.5 Å². The summed E-state index contributed by atoms with van der Waals surface area (Å²) in [6.45, 7) is 0. The maximum Gasteiger partial charge on any atom is 0.225 e. The standard InChI is InChI=1S/C20H20N2O3/c1-24-18-9-13-7-8-14(16(13)11-19(18)25-2)10-20(23)22-17-6-4-3-5-15(17)12-21/h3-6,9,11,14H,7-8,10H2,1-2H3,(H,22,23). The molecule has 2 aromatic carbocycles. The van der Waals surface area contributed by atoms with Crippen LogP contribution in [0.5, 0.6) is 11.5 Å². The topological polar surface area (TPSA) is 71.3 Å². The molecule has 1 aliphatic rings. The van der Waals surface area contributed by atoms with E-state index in [0.29, 0.717) is 29.2 Å². The van der Waals surface area contributed by atoms with E-state index in [-0.39, 0.29) is 11.8 Å². The van der Waals surface area contributed by atoms with Crippen molar-refractivity contribution in [2.24, 2.45) is 0 Å². The van der Waals surface area contributed by atoms with E-state index >= 15 is 0 Å². The van der Waals surface area contributed by atoms with Crippen molar-refractivity contribution in [3.63, 3.8) is 0 Å². The zero-order chi connectivity index (χ0) is 17.8. The summed E-state index contributed by atoms with van der Waals surface area (Å²) in [5, 5.41) is 12.0. The molecule has 1 aliphatic carbocycles. The van der Waals surface area contributed by atoms with Gasteiger partial charge >= 0.3 is 0 Å². The largest absolute Gasteiger partial charge is 0.493 e. The molecule has 25 heavy (non-hydrogen) atoms. The first-order chi connectivity index (χ1) is 12.2. The first kappa shape index (κ1) is 16.8. The van der Waals surface area contributed by atoms with E-state index in [0.717, 1.165) is 18.4 Å².